The summed E-state index contributed by atoms with van der Waals surface area (Å²) in [6.07, 6.45) is 3.73. The van der Waals surface area contributed by atoms with E-state index in [4.69, 9.17) is 4.74 Å². The first-order valence-electron chi connectivity index (χ1n) is 17.0. The van der Waals surface area contributed by atoms with E-state index in [0.29, 0.717) is 29.2 Å². The number of aromatic nitrogens is 1. The van der Waals surface area contributed by atoms with Gasteiger partial charge in [0.25, 0.3) is 5.91 Å². The molecule has 0 fully saturated rings. The number of amides is 2. The van der Waals surface area contributed by atoms with Crippen LogP contribution in [0.5, 0.6) is 5.75 Å². The van der Waals surface area contributed by atoms with Crippen molar-refractivity contribution in [3.8, 4) is 5.75 Å². The highest BCUT2D eigenvalue weighted by Crippen LogP contribution is 2.31. The number of unbranched alkanes of at least 4 members (excludes halogenated alkanes) is 2. The fraction of sp³-hybridized carbons (Fsp3) is 0.618. The van der Waals surface area contributed by atoms with Crippen LogP contribution in [0.25, 0.3) is 0 Å². The molecular formula is C34H52N4O10S3. The summed E-state index contributed by atoms with van der Waals surface area (Å²) in [5.41, 5.74) is 0.537. The fourth-order valence-electron chi connectivity index (χ4n) is 5.60. The van der Waals surface area contributed by atoms with Crippen molar-refractivity contribution in [2.75, 3.05) is 24.7 Å². The van der Waals surface area contributed by atoms with Crippen LogP contribution in [0.4, 0.5) is 5.69 Å². The largest absolute Gasteiger partial charge is 0.481 e. The molecule has 4 N–H and O–H groups in total. The first-order valence-corrected chi connectivity index (χ1v) is 19.9. The number of nitrogens with one attached hydrogen (secondary N) is 2. The number of carboxylic acid groups (broad SMARTS) is 1. The molecular weight excluding hydrogens is 721 g/mol. The van der Waals surface area contributed by atoms with Gasteiger partial charge in [0.2, 0.25) is 5.91 Å². The molecule has 1 aromatic heterocycles. The predicted octanol–water partition coefficient (Wildman–Crippen LogP) is 5.57. The van der Waals surface area contributed by atoms with Gasteiger partial charge in [0, 0.05) is 37.2 Å². The van der Waals surface area contributed by atoms with Crippen molar-refractivity contribution in [2.45, 2.75) is 104 Å². The Morgan fingerprint density at radius 2 is 1.80 bits per heavy atom. The molecule has 0 saturated heterocycles. The van der Waals surface area contributed by atoms with Crippen molar-refractivity contribution in [1.29, 1.82) is 0 Å². The first-order chi connectivity index (χ1) is 23.9. The van der Waals surface area contributed by atoms with Crippen LogP contribution in [-0.4, -0.2) is 83.1 Å². The zero-order valence-electron chi connectivity index (χ0n) is 30.1. The smallest absolute Gasteiger partial charge is 0.446 e. The number of esters is 1. The molecule has 4 atom stereocenters. The highest BCUT2D eigenvalue weighted by atomic mass is 32.3. The third kappa shape index (κ3) is 15.9. The van der Waals surface area contributed by atoms with Crippen LogP contribution in [-0.2, 0) is 35.9 Å². The molecule has 17 heteroatoms. The molecule has 0 radical (unpaired) electrons. The Balaban J connectivity index is 2.36. The van der Waals surface area contributed by atoms with E-state index in [1.54, 1.807) is 5.38 Å². The quantitative estimate of drug-likeness (QED) is 0.0408. The molecule has 1 aromatic carbocycles. The second-order valence-electron chi connectivity index (χ2n) is 13.0. The maximum Gasteiger partial charge on any atom is 0.446 e. The number of carbonyl (C=O) groups excluding carboxylic acids is 3. The van der Waals surface area contributed by atoms with E-state index in [2.05, 4.69) is 65.1 Å². The average Bonchev–Trinajstić information content (AvgIpc) is 3.53. The topological polar surface area (TPSA) is 202 Å². The third-order valence-corrected chi connectivity index (χ3v) is 9.84. The van der Waals surface area contributed by atoms with E-state index in [1.807, 2.05) is 0 Å². The number of ether oxygens (including phenoxy) is 1. The van der Waals surface area contributed by atoms with Crippen molar-refractivity contribution in [3.63, 3.8) is 0 Å². The van der Waals surface area contributed by atoms with Gasteiger partial charge in [0.1, 0.15) is 10.7 Å². The summed E-state index contributed by atoms with van der Waals surface area (Å²) in [4.78, 5) is 56.8. The van der Waals surface area contributed by atoms with E-state index < -0.39 is 52.2 Å². The Hall–Kier alpha value is -3.25. The molecule has 51 heavy (non-hydrogen) atoms. The number of rotatable bonds is 23. The van der Waals surface area contributed by atoms with Gasteiger partial charge in [-0.15, -0.1) is 11.3 Å². The van der Waals surface area contributed by atoms with Gasteiger partial charge in [-0.1, -0.05) is 46.6 Å². The van der Waals surface area contributed by atoms with E-state index >= 15 is 0 Å². The zero-order valence-corrected chi connectivity index (χ0v) is 32.6. The SMILES string of the molecule is CCCCCN(C)[C@H](C[C@@H](OC(C)=O)c1nc(C(=O)N[C@@H](Cc2ccc(OS(=O)(=O)O)c(NC(=O)CCCS)c2)CC(C)C(=O)O)cs1)C(C)C. The summed E-state index contributed by atoms with van der Waals surface area (Å²) in [7, 11) is -2.86. The summed E-state index contributed by atoms with van der Waals surface area (Å²) in [6.45, 7) is 10.1. The molecule has 0 aliphatic heterocycles. The Bertz CT molecular complexity index is 1570. The molecule has 1 heterocycles. The van der Waals surface area contributed by atoms with Crippen LogP contribution in [0.15, 0.2) is 23.6 Å². The molecule has 1 unspecified atom stereocenters. The van der Waals surface area contributed by atoms with Gasteiger partial charge >= 0.3 is 22.3 Å². The first kappa shape index (κ1) is 43.9. The molecule has 0 aliphatic carbocycles. The maximum absolute atomic E-state index is 13.6. The zero-order chi connectivity index (χ0) is 38.3. The van der Waals surface area contributed by atoms with Crippen molar-refractivity contribution < 1.29 is 46.2 Å². The average molecular weight is 773 g/mol. The molecule has 286 valence electrons. The summed E-state index contributed by atoms with van der Waals surface area (Å²) in [5, 5.41) is 17.1. The number of benzene rings is 1. The molecule has 0 saturated carbocycles. The number of anilines is 1. The number of aliphatic carboxylic acids is 1. The Morgan fingerprint density at radius 3 is 2.39 bits per heavy atom. The Morgan fingerprint density at radius 1 is 1.10 bits per heavy atom. The number of hydrogen-bond donors (Lipinski definition) is 5. The lowest BCUT2D eigenvalue weighted by Crippen LogP contribution is -2.39. The summed E-state index contributed by atoms with van der Waals surface area (Å²) in [5.74, 6) is -3.02. The second kappa shape index (κ2) is 21.3. The van der Waals surface area contributed by atoms with E-state index in [-0.39, 0.29) is 48.4 Å². The van der Waals surface area contributed by atoms with Crippen LogP contribution in [0.3, 0.4) is 0 Å². The molecule has 0 spiro atoms. The Kier molecular flexibility index (Phi) is 18.4. The van der Waals surface area contributed by atoms with Crippen LogP contribution < -0.4 is 14.8 Å². The monoisotopic (exact) mass is 772 g/mol. The lowest BCUT2D eigenvalue weighted by atomic mass is 9.95. The summed E-state index contributed by atoms with van der Waals surface area (Å²) in [6, 6.07) is 3.49. The van der Waals surface area contributed by atoms with E-state index in [1.165, 1.54) is 43.4 Å². The number of nitrogens with zero attached hydrogens (tertiary/aromatic N) is 2. The van der Waals surface area contributed by atoms with Gasteiger partial charge in [0.15, 0.2) is 11.9 Å². The van der Waals surface area contributed by atoms with Crippen molar-refractivity contribution in [2.24, 2.45) is 11.8 Å². The van der Waals surface area contributed by atoms with Crippen LogP contribution in [0.1, 0.15) is 107 Å². The number of carbonyl (C=O) groups is 4. The fourth-order valence-corrected chi connectivity index (χ4v) is 6.97. The maximum atomic E-state index is 13.6. The van der Waals surface area contributed by atoms with Crippen molar-refractivity contribution in [1.82, 2.24) is 15.2 Å². The van der Waals surface area contributed by atoms with Gasteiger partial charge in [0.05, 0.1) is 11.6 Å². The van der Waals surface area contributed by atoms with Gasteiger partial charge in [-0.2, -0.15) is 21.0 Å². The molecule has 14 nitrogen and oxygen atoms in total. The number of thiazole rings is 1. The van der Waals surface area contributed by atoms with Gasteiger partial charge in [-0.05, 0) is 68.6 Å². The Labute approximate surface area is 310 Å². The highest BCUT2D eigenvalue weighted by molar-refractivity contribution is 7.81. The molecule has 0 bridgehead atoms. The number of thiol groups is 1. The molecule has 0 aliphatic rings. The van der Waals surface area contributed by atoms with E-state index in [0.717, 1.165) is 25.8 Å². The van der Waals surface area contributed by atoms with Gasteiger partial charge in [-0.3, -0.25) is 23.7 Å². The van der Waals surface area contributed by atoms with Crippen molar-refractivity contribution in [3.05, 3.63) is 39.8 Å². The minimum absolute atomic E-state index is 0.0292. The molecule has 2 rings (SSSR count). The van der Waals surface area contributed by atoms with Crippen LogP contribution >= 0.6 is 24.0 Å². The minimum Gasteiger partial charge on any atom is -0.481 e. The van der Waals surface area contributed by atoms with Crippen LogP contribution in [0, 0.1) is 11.8 Å². The lowest BCUT2D eigenvalue weighted by molar-refractivity contribution is -0.148. The van der Waals surface area contributed by atoms with Gasteiger partial charge in [-0.25, -0.2) is 4.98 Å². The molecule has 2 amide bonds. The van der Waals surface area contributed by atoms with Crippen molar-refractivity contribution >= 4 is 63.8 Å². The lowest BCUT2D eigenvalue weighted by Gasteiger charge is -2.33. The van der Waals surface area contributed by atoms with Crippen LogP contribution in [0.2, 0.25) is 0 Å². The minimum atomic E-state index is -4.91. The number of carboxylic acids is 1. The second-order valence-corrected chi connectivity index (χ2v) is 15.3. The predicted molar refractivity (Wildman–Crippen MR) is 199 cm³/mol. The summed E-state index contributed by atoms with van der Waals surface area (Å²) >= 11 is 5.29. The third-order valence-electron chi connectivity index (χ3n) is 8.20. The summed E-state index contributed by atoms with van der Waals surface area (Å²) < 4.78 is 42.5. The standard InChI is InChI=1S/C34H52N4O10S3/c1-7-8-9-14-38(6)28(21(2)3)19-30(47-23(5)39)33-37-27(20-50-33)32(41)35-25(16-22(4)34(42)43)17-24-12-13-29(48-51(44,45)46)26(18-24)36-31(40)11-10-15-49/h12-13,18,20-22,25,28,30,49H,7-11,14-17,19H2,1-6H3,(H,35,41)(H,36,40)(H,42,43)(H,44,45,46)/t22?,25-,28-,30-/m1/s1. The molecule has 2 aromatic rings. The highest BCUT2D eigenvalue weighted by Gasteiger charge is 2.29. The van der Waals surface area contributed by atoms with E-state index in [9.17, 15) is 37.3 Å². The number of hydrogen-bond acceptors (Lipinski definition) is 12. The normalized spacial score (nSPS) is 14.1. The van der Waals surface area contributed by atoms with Gasteiger partial charge < -0.3 is 29.6 Å².